The number of anilines is 2. The second-order valence-electron chi connectivity index (χ2n) is 3.35. The molecule has 0 saturated heterocycles. The van der Waals surface area contributed by atoms with Gasteiger partial charge in [-0.05, 0) is 29.8 Å². The molecule has 0 radical (unpaired) electrons. The fourth-order valence-electron chi connectivity index (χ4n) is 1.29. The van der Waals surface area contributed by atoms with E-state index in [0.717, 1.165) is 0 Å². The molecule has 0 aliphatic rings. The van der Waals surface area contributed by atoms with Crippen molar-refractivity contribution in [2.24, 2.45) is 0 Å². The van der Waals surface area contributed by atoms with Gasteiger partial charge in [-0.1, -0.05) is 11.6 Å². The van der Waals surface area contributed by atoms with Crippen molar-refractivity contribution < 1.29 is 4.74 Å². The van der Waals surface area contributed by atoms with Gasteiger partial charge in [0.1, 0.15) is 0 Å². The molecule has 0 aliphatic carbocycles. The van der Waals surface area contributed by atoms with Crippen LogP contribution in [0.5, 0.6) is 6.01 Å². The van der Waals surface area contributed by atoms with Crippen molar-refractivity contribution in [3.63, 3.8) is 0 Å². The van der Waals surface area contributed by atoms with E-state index >= 15 is 0 Å². The molecule has 1 heterocycles. The molecule has 6 nitrogen and oxygen atoms in total. The van der Waals surface area contributed by atoms with E-state index in [1.807, 2.05) is 6.07 Å². The van der Waals surface area contributed by atoms with Gasteiger partial charge in [-0.25, -0.2) is 0 Å². The number of ether oxygens (including phenoxy) is 1. The molecule has 0 amide bonds. The first kappa shape index (κ1) is 13.3. The molecule has 2 aromatic rings. The van der Waals surface area contributed by atoms with Crippen LogP contribution in [0.3, 0.4) is 0 Å². The zero-order valence-electron chi connectivity index (χ0n) is 9.69. The van der Waals surface area contributed by atoms with Gasteiger partial charge in [0, 0.05) is 0 Å². The average molecular weight is 296 g/mol. The van der Waals surface area contributed by atoms with Crippen molar-refractivity contribution in [1.82, 2.24) is 15.0 Å². The zero-order chi connectivity index (χ0) is 13.8. The van der Waals surface area contributed by atoms with Crippen LogP contribution in [-0.2, 0) is 0 Å². The van der Waals surface area contributed by atoms with Crippen molar-refractivity contribution in [2.75, 3.05) is 12.4 Å². The smallest absolute Gasteiger partial charge is 0.322 e. The van der Waals surface area contributed by atoms with Gasteiger partial charge in [0.15, 0.2) is 0 Å². The molecule has 8 heteroatoms. The number of methoxy groups -OCH3 is 1. The third-order valence-corrected chi connectivity index (χ3v) is 2.60. The van der Waals surface area contributed by atoms with E-state index < -0.39 is 0 Å². The Kier molecular flexibility index (Phi) is 4.00. The number of nitriles is 1. The molecule has 19 heavy (non-hydrogen) atoms. The van der Waals surface area contributed by atoms with Gasteiger partial charge in [0.25, 0.3) is 0 Å². The fourth-order valence-corrected chi connectivity index (χ4v) is 1.67. The number of halogens is 2. The van der Waals surface area contributed by atoms with Crippen molar-refractivity contribution in [1.29, 1.82) is 5.26 Å². The van der Waals surface area contributed by atoms with Gasteiger partial charge in [0.2, 0.25) is 11.2 Å². The minimum absolute atomic E-state index is 0.000817. The Bertz CT molecular complexity index is 656. The van der Waals surface area contributed by atoms with Crippen LogP contribution in [-0.4, -0.2) is 22.1 Å². The minimum atomic E-state index is -0.000817. The lowest BCUT2D eigenvalue weighted by atomic mass is 10.2. The molecular weight excluding hydrogens is 289 g/mol. The van der Waals surface area contributed by atoms with E-state index in [2.05, 4.69) is 20.3 Å². The van der Waals surface area contributed by atoms with Gasteiger partial charge in [-0.3, -0.25) is 0 Å². The highest BCUT2D eigenvalue weighted by atomic mass is 35.5. The molecule has 0 spiro atoms. The summed E-state index contributed by atoms with van der Waals surface area (Å²) >= 11 is 11.7. The molecule has 1 aromatic carbocycles. The van der Waals surface area contributed by atoms with Crippen LogP contribution in [0.4, 0.5) is 11.6 Å². The zero-order valence-corrected chi connectivity index (χ0v) is 11.2. The van der Waals surface area contributed by atoms with Crippen molar-refractivity contribution >= 4 is 34.8 Å². The van der Waals surface area contributed by atoms with Crippen LogP contribution in [0.1, 0.15) is 5.56 Å². The Morgan fingerprint density at radius 3 is 2.68 bits per heavy atom. The quantitative estimate of drug-likeness (QED) is 0.937. The number of rotatable bonds is 3. The number of nitrogens with one attached hydrogen (secondary N) is 1. The summed E-state index contributed by atoms with van der Waals surface area (Å²) in [5.74, 6) is 0.198. The van der Waals surface area contributed by atoms with Crippen LogP contribution in [0.15, 0.2) is 18.2 Å². The van der Waals surface area contributed by atoms with Crippen molar-refractivity contribution in [3.05, 3.63) is 34.1 Å². The Hall–Kier alpha value is -2.10. The van der Waals surface area contributed by atoms with E-state index in [9.17, 15) is 0 Å². The highest BCUT2D eigenvalue weighted by Gasteiger charge is 2.08. The Balaban J connectivity index is 2.31. The second kappa shape index (κ2) is 5.69. The predicted molar refractivity (Wildman–Crippen MR) is 70.8 cm³/mol. The van der Waals surface area contributed by atoms with Crippen LogP contribution < -0.4 is 10.1 Å². The van der Waals surface area contributed by atoms with Crippen molar-refractivity contribution in [3.8, 4) is 12.1 Å². The fraction of sp³-hybridized carbons (Fsp3) is 0.0909. The maximum absolute atomic E-state index is 8.75. The number of hydrogen-bond donors (Lipinski definition) is 1. The van der Waals surface area contributed by atoms with Gasteiger partial charge in [-0.2, -0.15) is 20.2 Å². The minimum Gasteiger partial charge on any atom is -0.467 e. The van der Waals surface area contributed by atoms with E-state index in [4.69, 9.17) is 33.2 Å². The lowest BCUT2D eigenvalue weighted by Crippen LogP contribution is -2.02. The second-order valence-corrected chi connectivity index (χ2v) is 4.09. The predicted octanol–water partition coefficient (Wildman–Crippen LogP) is 2.80. The summed E-state index contributed by atoms with van der Waals surface area (Å²) in [6, 6.07) is 6.88. The largest absolute Gasteiger partial charge is 0.467 e. The highest BCUT2D eigenvalue weighted by molar-refractivity contribution is 6.33. The lowest BCUT2D eigenvalue weighted by molar-refractivity contribution is 0.379. The van der Waals surface area contributed by atoms with Crippen LogP contribution in [0.2, 0.25) is 10.3 Å². The number of nitrogens with zero attached hydrogens (tertiary/aromatic N) is 4. The first-order chi connectivity index (χ1) is 9.12. The molecule has 1 aromatic heterocycles. The monoisotopic (exact) mass is 295 g/mol. The molecule has 0 unspecified atom stereocenters. The molecule has 0 bridgehead atoms. The summed E-state index contributed by atoms with van der Waals surface area (Å²) in [6.07, 6.45) is 0. The van der Waals surface area contributed by atoms with Gasteiger partial charge < -0.3 is 10.1 Å². The standard InChI is InChI=1S/C11H7Cl2N5O/c1-19-11-17-9(13)16-10(18-11)15-8-3-2-6(5-14)4-7(8)12/h2-4H,1H3,(H,15,16,17,18). The third-order valence-electron chi connectivity index (χ3n) is 2.11. The number of hydrogen-bond acceptors (Lipinski definition) is 6. The molecule has 0 atom stereocenters. The maximum Gasteiger partial charge on any atom is 0.322 e. The first-order valence-corrected chi connectivity index (χ1v) is 5.80. The highest BCUT2D eigenvalue weighted by Crippen LogP contribution is 2.25. The third kappa shape index (κ3) is 3.22. The first-order valence-electron chi connectivity index (χ1n) is 5.04. The summed E-state index contributed by atoms with van der Waals surface area (Å²) in [4.78, 5) is 11.6. The molecule has 0 aliphatic heterocycles. The summed E-state index contributed by atoms with van der Waals surface area (Å²) in [7, 11) is 1.42. The Labute approximate surface area is 119 Å². The lowest BCUT2D eigenvalue weighted by Gasteiger charge is -2.07. The number of benzene rings is 1. The van der Waals surface area contributed by atoms with Gasteiger partial charge in [0.05, 0.1) is 29.5 Å². The molecule has 0 fully saturated rings. The number of aromatic nitrogens is 3. The molecule has 0 saturated carbocycles. The molecular formula is C11H7Cl2N5O. The molecule has 1 N–H and O–H groups in total. The van der Waals surface area contributed by atoms with E-state index in [1.54, 1.807) is 12.1 Å². The molecule has 2 rings (SSSR count). The molecule has 96 valence electrons. The summed E-state index contributed by atoms with van der Waals surface area (Å²) in [5.41, 5.74) is 1.01. The summed E-state index contributed by atoms with van der Waals surface area (Å²) in [6.45, 7) is 0. The van der Waals surface area contributed by atoms with Crippen molar-refractivity contribution in [2.45, 2.75) is 0 Å². The SMILES string of the molecule is COc1nc(Cl)nc(Nc2ccc(C#N)cc2Cl)n1. The van der Waals surface area contributed by atoms with Crippen LogP contribution in [0.25, 0.3) is 0 Å². The van der Waals surface area contributed by atoms with E-state index in [0.29, 0.717) is 16.3 Å². The van der Waals surface area contributed by atoms with E-state index in [1.165, 1.54) is 13.2 Å². The normalized spacial score (nSPS) is 9.79. The van der Waals surface area contributed by atoms with Gasteiger partial charge >= 0.3 is 6.01 Å². The Morgan fingerprint density at radius 2 is 2.05 bits per heavy atom. The topological polar surface area (TPSA) is 83.7 Å². The van der Waals surface area contributed by atoms with Crippen LogP contribution >= 0.6 is 23.2 Å². The van der Waals surface area contributed by atoms with E-state index in [-0.39, 0.29) is 17.2 Å². The Morgan fingerprint density at radius 1 is 1.26 bits per heavy atom. The van der Waals surface area contributed by atoms with Crippen LogP contribution in [0, 0.1) is 11.3 Å². The summed E-state index contributed by atoms with van der Waals surface area (Å²) in [5, 5.41) is 12.0. The average Bonchev–Trinajstić information content (AvgIpc) is 2.40. The van der Waals surface area contributed by atoms with Gasteiger partial charge in [-0.15, -0.1) is 0 Å². The summed E-state index contributed by atoms with van der Waals surface area (Å²) < 4.78 is 4.88. The maximum atomic E-state index is 8.75.